The number of carbonyl (C=O) groups excluding carboxylic acids is 3. The molecule has 0 saturated heterocycles. The number of rotatable bonds is 7. The van der Waals surface area contributed by atoms with Gasteiger partial charge in [0, 0.05) is 37.0 Å². The molecule has 3 aromatic rings. The molecule has 0 aliphatic carbocycles. The molecule has 34 heavy (non-hydrogen) atoms. The van der Waals surface area contributed by atoms with Crippen molar-refractivity contribution < 1.29 is 23.5 Å². The Kier molecular flexibility index (Phi) is 7.80. The van der Waals surface area contributed by atoms with Crippen molar-refractivity contribution >= 4 is 41.1 Å². The van der Waals surface area contributed by atoms with Crippen molar-refractivity contribution in [2.75, 3.05) is 26.0 Å². The Balaban J connectivity index is 1.56. The van der Waals surface area contributed by atoms with Crippen LogP contribution < -0.4 is 5.32 Å². The number of esters is 1. The second kappa shape index (κ2) is 10.8. The van der Waals surface area contributed by atoms with Crippen LogP contribution in [-0.4, -0.2) is 53.2 Å². The van der Waals surface area contributed by atoms with E-state index in [0.29, 0.717) is 28.2 Å². The minimum atomic E-state index is -0.743. The molecule has 0 radical (unpaired) electrons. The molecule has 8 nitrogen and oxygen atoms in total. The first kappa shape index (κ1) is 24.7. The van der Waals surface area contributed by atoms with Gasteiger partial charge in [-0.15, -0.1) is 0 Å². The van der Waals surface area contributed by atoms with E-state index in [-0.39, 0.29) is 16.9 Å². The van der Waals surface area contributed by atoms with E-state index in [4.69, 9.17) is 16.3 Å². The number of hydrogen-bond acceptors (Lipinski definition) is 5. The fraction of sp³-hybridized carbons (Fsp3) is 0.167. The highest BCUT2D eigenvalue weighted by Crippen LogP contribution is 2.25. The summed E-state index contributed by atoms with van der Waals surface area (Å²) < 4.78 is 19.5. The average Bonchev–Trinajstić information content (AvgIpc) is 3.10. The predicted octanol–water partition coefficient (Wildman–Crippen LogP) is 3.87. The standard InChI is InChI=1S/C24H22ClFN4O4/c1-15-20(23(25)30(28-15)19-10-6-17(26)7-11-19)12-13-22(32)34-14-21(31)27-18-8-4-16(5-9-18)24(33)29(2)3/h4-13H,14H2,1-3H3,(H,27,31)/b13-12+. The number of nitrogens with one attached hydrogen (secondary N) is 1. The molecule has 2 amide bonds. The summed E-state index contributed by atoms with van der Waals surface area (Å²) in [5.41, 5.74) is 2.54. The Bertz CT molecular complexity index is 1240. The number of aromatic nitrogens is 2. The Morgan fingerprint density at radius 1 is 1.12 bits per heavy atom. The van der Waals surface area contributed by atoms with Gasteiger partial charge in [-0.05, 0) is 61.5 Å². The summed E-state index contributed by atoms with van der Waals surface area (Å²) in [6.45, 7) is 1.21. The lowest BCUT2D eigenvalue weighted by molar-refractivity contribution is -0.142. The number of amides is 2. The fourth-order valence-corrected chi connectivity index (χ4v) is 3.28. The number of hydrogen-bond donors (Lipinski definition) is 1. The number of halogens is 2. The highest BCUT2D eigenvalue weighted by Gasteiger charge is 2.14. The van der Waals surface area contributed by atoms with Crippen LogP contribution in [0.4, 0.5) is 10.1 Å². The maximum Gasteiger partial charge on any atom is 0.331 e. The van der Waals surface area contributed by atoms with Crippen LogP contribution in [0.5, 0.6) is 0 Å². The molecule has 176 valence electrons. The maximum absolute atomic E-state index is 13.2. The Morgan fingerprint density at radius 3 is 2.38 bits per heavy atom. The largest absolute Gasteiger partial charge is 0.452 e. The van der Waals surface area contributed by atoms with E-state index in [2.05, 4.69) is 10.4 Å². The van der Waals surface area contributed by atoms with Crippen molar-refractivity contribution in [2.24, 2.45) is 0 Å². The number of benzene rings is 2. The number of aryl methyl sites for hydroxylation is 1. The molecular weight excluding hydrogens is 463 g/mol. The summed E-state index contributed by atoms with van der Waals surface area (Å²) in [5.74, 6) is -1.82. The fourth-order valence-electron chi connectivity index (χ4n) is 2.94. The van der Waals surface area contributed by atoms with Gasteiger partial charge in [0.15, 0.2) is 6.61 Å². The van der Waals surface area contributed by atoms with Crippen molar-refractivity contribution in [1.82, 2.24) is 14.7 Å². The first-order valence-electron chi connectivity index (χ1n) is 10.1. The molecule has 1 aromatic heterocycles. The Labute approximate surface area is 200 Å². The molecule has 0 atom stereocenters. The van der Waals surface area contributed by atoms with Crippen LogP contribution >= 0.6 is 11.6 Å². The zero-order valence-corrected chi connectivity index (χ0v) is 19.5. The minimum Gasteiger partial charge on any atom is -0.452 e. The van der Waals surface area contributed by atoms with Gasteiger partial charge in [0.05, 0.1) is 11.4 Å². The van der Waals surface area contributed by atoms with Crippen LogP contribution in [0.25, 0.3) is 11.8 Å². The van der Waals surface area contributed by atoms with E-state index in [1.165, 1.54) is 39.9 Å². The third kappa shape index (κ3) is 6.08. The zero-order valence-electron chi connectivity index (χ0n) is 18.7. The molecule has 1 N–H and O–H groups in total. The minimum absolute atomic E-state index is 0.155. The Morgan fingerprint density at radius 2 is 1.76 bits per heavy atom. The van der Waals surface area contributed by atoms with Crippen molar-refractivity contribution in [3.63, 3.8) is 0 Å². The molecule has 0 bridgehead atoms. The molecule has 0 saturated carbocycles. The number of nitrogens with zero attached hydrogens (tertiary/aromatic N) is 3. The van der Waals surface area contributed by atoms with Gasteiger partial charge in [-0.2, -0.15) is 5.10 Å². The highest BCUT2D eigenvalue weighted by atomic mass is 35.5. The average molecular weight is 485 g/mol. The monoisotopic (exact) mass is 484 g/mol. The number of anilines is 1. The van der Waals surface area contributed by atoms with Crippen LogP contribution in [0.15, 0.2) is 54.6 Å². The topological polar surface area (TPSA) is 93.5 Å². The van der Waals surface area contributed by atoms with Gasteiger partial charge >= 0.3 is 5.97 Å². The summed E-state index contributed by atoms with van der Waals surface area (Å²) >= 11 is 6.37. The van der Waals surface area contributed by atoms with E-state index in [9.17, 15) is 18.8 Å². The molecule has 2 aromatic carbocycles. The van der Waals surface area contributed by atoms with E-state index < -0.39 is 18.5 Å². The van der Waals surface area contributed by atoms with Gasteiger partial charge in [-0.25, -0.2) is 13.9 Å². The molecule has 0 unspecified atom stereocenters. The molecule has 0 aliphatic heterocycles. The molecule has 1 heterocycles. The van der Waals surface area contributed by atoms with Gasteiger partial charge in [0.25, 0.3) is 11.8 Å². The van der Waals surface area contributed by atoms with Crippen LogP contribution in [0.1, 0.15) is 21.6 Å². The smallest absolute Gasteiger partial charge is 0.331 e. The first-order chi connectivity index (χ1) is 16.2. The van der Waals surface area contributed by atoms with Gasteiger partial charge in [0.2, 0.25) is 0 Å². The van der Waals surface area contributed by atoms with Crippen LogP contribution in [-0.2, 0) is 14.3 Å². The van der Waals surface area contributed by atoms with Crippen molar-refractivity contribution in [2.45, 2.75) is 6.92 Å². The van der Waals surface area contributed by atoms with Gasteiger partial charge in [-0.1, -0.05) is 11.6 Å². The number of carbonyl (C=O) groups is 3. The highest BCUT2D eigenvalue weighted by molar-refractivity contribution is 6.31. The van der Waals surface area contributed by atoms with E-state index in [0.717, 1.165) is 6.08 Å². The third-order valence-electron chi connectivity index (χ3n) is 4.67. The summed E-state index contributed by atoms with van der Waals surface area (Å²) in [5, 5.41) is 7.13. The first-order valence-corrected chi connectivity index (χ1v) is 10.5. The summed E-state index contributed by atoms with van der Waals surface area (Å²) in [7, 11) is 3.29. The maximum atomic E-state index is 13.2. The van der Waals surface area contributed by atoms with E-state index in [1.807, 2.05) is 0 Å². The number of ether oxygens (including phenoxy) is 1. The Hall–Kier alpha value is -3.98. The normalized spacial score (nSPS) is 10.9. The third-order valence-corrected chi connectivity index (χ3v) is 5.04. The molecule has 0 spiro atoms. The van der Waals surface area contributed by atoms with Crippen LogP contribution in [0.3, 0.4) is 0 Å². The molecule has 10 heteroatoms. The summed E-state index contributed by atoms with van der Waals surface area (Å²) in [6, 6.07) is 12.0. The predicted molar refractivity (Wildman–Crippen MR) is 126 cm³/mol. The second-order valence-corrected chi connectivity index (χ2v) is 7.80. The second-order valence-electron chi connectivity index (χ2n) is 7.44. The molecule has 0 fully saturated rings. The van der Waals surface area contributed by atoms with E-state index in [1.54, 1.807) is 45.3 Å². The van der Waals surface area contributed by atoms with Crippen LogP contribution in [0, 0.1) is 12.7 Å². The summed E-state index contributed by atoms with van der Waals surface area (Å²) in [6.07, 6.45) is 2.57. The van der Waals surface area contributed by atoms with Crippen LogP contribution in [0.2, 0.25) is 5.15 Å². The lowest BCUT2D eigenvalue weighted by Crippen LogP contribution is -2.22. The van der Waals surface area contributed by atoms with Gasteiger partial charge < -0.3 is 15.0 Å². The van der Waals surface area contributed by atoms with Gasteiger partial charge in [0.1, 0.15) is 11.0 Å². The quantitative estimate of drug-likeness (QED) is 0.406. The lowest BCUT2D eigenvalue weighted by atomic mass is 10.2. The lowest BCUT2D eigenvalue weighted by Gasteiger charge is -2.11. The molecule has 3 rings (SSSR count). The SMILES string of the molecule is Cc1nn(-c2ccc(F)cc2)c(Cl)c1/C=C/C(=O)OCC(=O)Nc1ccc(C(=O)N(C)C)cc1. The van der Waals surface area contributed by atoms with E-state index >= 15 is 0 Å². The van der Waals surface area contributed by atoms with Crippen molar-refractivity contribution in [1.29, 1.82) is 0 Å². The molecule has 0 aliphatic rings. The van der Waals surface area contributed by atoms with Gasteiger partial charge in [-0.3, -0.25) is 9.59 Å². The van der Waals surface area contributed by atoms with Crippen molar-refractivity contribution in [3.8, 4) is 5.69 Å². The molecular formula is C24H22ClFN4O4. The van der Waals surface area contributed by atoms with Crippen molar-refractivity contribution in [3.05, 3.63) is 82.4 Å². The zero-order chi connectivity index (χ0) is 24.8. The summed E-state index contributed by atoms with van der Waals surface area (Å²) in [4.78, 5) is 37.5.